The Balaban J connectivity index is 0.00000119. The van der Waals surface area contributed by atoms with Crippen LogP contribution in [-0.2, 0) is 14.3 Å². The molecule has 3 nitrogen and oxygen atoms in total. The largest absolute Gasteiger partial charge is 0.296 e. The summed E-state index contributed by atoms with van der Waals surface area (Å²) in [5.74, 6) is 0. The van der Waals surface area contributed by atoms with Crippen LogP contribution in [0.15, 0.2) is 35.2 Å². The highest BCUT2D eigenvalue weighted by atomic mass is 32.2. The van der Waals surface area contributed by atoms with E-state index >= 15 is 0 Å². The van der Waals surface area contributed by atoms with Gasteiger partial charge in [-0.1, -0.05) is 103 Å². The predicted octanol–water partition coefficient (Wildman–Crippen LogP) is 6.97. The van der Waals surface area contributed by atoms with Crippen molar-refractivity contribution in [1.29, 1.82) is 0 Å². The van der Waals surface area contributed by atoms with Crippen molar-refractivity contribution in [3.63, 3.8) is 0 Å². The Morgan fingerprint density at radius 1 is 0.741 bits per heavy atom. The van der Waals surface area contributed by atoms with Gasteiger partial charge >= 0.3 is 0 Å². The SMILES string of the molecule is CCCCCCCCCCCCOS(=O)(=O)c1ccccc1.CCCCP. The van der Waals surface area contributed by atoms with E-state index in [0.29, 0.717) is 0 Å². The van der Waals surface area contributed by atoms with Gasteiger partial charge < -0.3 is 0 Å². The van der Waals surface area contributed by atoms with Crippen molar-refractivity contribution in [2.45, 2.75) is 95.8 Å². The zero-order valence-electron chi connectivity index (χ0n) is 17.5. The number of benzene rings is 1. The van der Waals surface area contributed by atoms with Gasteiger partial charge in [-0.15, -0.1) is 9.24 Å². The Labute approximate surface area is 171 Å². The first kappa shape index (κ1) is 26.6. The molecule has 1 atom stereocenters. The zero-order chi connectivity index (χ0) is 20.2. The van der Waals surface area contributed by atoms with Crippen LogP contribution in [0.2, 0.25) is 0 Å². The molecule has 1 rings (SSSR count). The molecule has 0 aliphatic heterocycles. The fourth-order valence-corrected chi connectivity index (χ4v) is 3.99. The van der Waals surface area contributed by atoms with Gasteiger partial charge in [0.15, 0.2) is 0 Å². The molecular weight excluding hydrogens is 375 g/mol. The van der Waals surface area contributed by atoms with Crippen LogP contribution in [0.4, 0.5) is 0 Å². The molecule has 0 N–H and O–H groups in total. The molecule has 158 valence electrons. The van der Waals surface area contributed by atoms with Gasteiger partial charge in [0.2, 0.25) is 0 Å². The van der Waals surface area contributed by atoms with Crippen LogP contribution in [0.5, 0.6) is 0 Å². The van der Waals surface area contributed by atoms with E-state index in [0.717, 1.165) is 12.8 Å². The van der Waals surface area contributed by atoms with Crippen LogP contribution in [0, 0.1) is 0 Å². The van der Waals surface area contributed by atoms with E-state index in [1.54, 1.807) is 30.3 Å². The summed E-state index contributed by atoms with van der Waals surface area (Å²) in [5.41, 5.74) is 0. The van der Waals surface area contributed by atoms with Gasteiger partial charge in [-0.2, -0.15) is 8.42 Å². The summed E-state index contributed by atoms with van der Waals surface area (Å²) < 4.78 is 28.8. The molecule has 27 heavy (non-hydrogen) atoms. The fourth-order valence-electron chi connectivity index (χ4n) is 2.62. The van der Waals surface area contributed by atoms with Crippen molar-refractivity contribution in [2.75, 3.05) is 12.8 Å². The normalized spacial score (nSPS) is 11.1. The topological polar surface area (TPSA) is 43.4 Å². The Morgan fingerprint density at radius 2 is 1.22 bits per heavy atom. The Kier molecular flexibility index (Phi) is 18.6. The summed E-state index contributed by atoms with van der Waals surface area (Å²) in [5, 5.41) is 0. The van der Waals surface area contributed by atoms with Crippen LogP contribution < -0.4 is 0 Å². The molecule has 0 fully saturated rings. The standard InChI is InChI=1S/C18H30O3S.C4H11P/c1-2-3-4-5-6-7-8-9-10-14-17-21-22(19,20)18-15-12-11-13-16-18;1-2-3-4-5/h11-13,15-16H,2-10,14,17H2,1H3;2-5H2,1H3. The van der Waals surface area contributed by atoms with E-state index in [1.165, 1.54) is 70.4 Å². The van der Waals surface area contributed by atoms with E-state index in [9.17, 15) is 8.42 Å². The predicted molar refractivity (Wildman–Crippen MR) is 121 cm³/mol. The summed E-state index contributed by atoms with van der Waals surface area (Å²) in [6.07, 6.45) is 16.2. The maximum Gasteiger partial charge on any atom is 0.296 e. The van der Waals surface area contributed by atoms with Crippen molar-refractivity contribution in [3.05, 3.63) is 30.3 Å². The molecule has 0 amide bonds. The molecule has 1 unspecified atom stereocenters. The van der Waals surface area contributed by atoms with Gasteiger partial charge in [-0.25, -0.2) is 0 Å². The van der Waals surface area contributed by atoms with Crippen LogP contribution in [0.25, 0.3) is 0 Å². The highest BCUT2D eigenvalue weighted by Gasteiger charge is 2.13. The van der Waals surface area contributed by atoms with Crippen molar-refractivity contribution >= 4 is 19.4 Å². The van der Waals surface area contributed by atoms with Crippen LogP contribution >= 0.6 is 9.24 Å². The maximum atomic E-state index is 11.9. The Hall–Kier alpha value is -0.440. The van der Waals surface area contributed by atoms with E-state index in [4.69, 9.17) is 4.18 Å². The number of rotatable bonds is 15. The Morgan fingerprint density at radius 3 is 1.67 bits per heavy atom. The van der Waals surface area contributed by atoms with Gasteiger partial charge in [0.25, 0.3) is 10.1 Å². The molecule has 0 aliphatic carbocycles. The van der Waals surface area contributed by atoms with Crippen molar-refractivity contribution < 1.29 is 12.6 Å². The molecule has 0 aliphatic rings. The fraction of sp³-hybridized carbons (Fsp3) is 0.727. The lowest BCUT2D eigenvalue weighted by molar-refractivity contribution is 0.306. The van der Waals surface area contributed by atoms with Crippen molar-refractivity contribution in [2.24, 2.45) is 0 Å². The van der Waals surface area contributed by atoms with Crippen molar-refractivity contribution in [1.82, 2.24) is 0 Å². The second-order valence-electron chi connectivity index (χ2n) is 6.91. The average molecular weight is 417 g/mol. The molecule has 0 bridgehead atoms. The van der Waals surface area contributed by atoms with Crippen molar-refractivity contribution in [3.8, 4) is 0 Å². The van der Waals surface area contributed by atoms with Gasteiger partial charge in [-0.3, -0.25) is 4.18 Å². The molecule has 0 saturated carbocycles. The summed E-state index contributed by atoms with van der Waals surface area (Å²) in [6.45, 7) is 4.72. The van der Waals surface area contributed by atoms with Gasteiger partial charge in [0.05, 0.1) is 11.5 Å². The Bertz CT molecular complexity index is 516. The molecule has 0 spiro atoms. The summed E-state index contributed by atoms with van der Waals surface area (Å²) in [7, 11) is -0.871. The summed E-state index contributed by atoms with van der Waals surface area (Å²) in [6, 6.07) is 8.33. The molecule has 0 aromatic heterocycles. The maximum absolute atomic E-state index is 11.9. The lowest BCUT2D eigenvalue weighted by Crippen LogP contribution is -2.07. The minimum atomic E-state index is -3.57. The molecule has 0 saturated heterocycles. The third-order valence-electron chi connectivity index (χ3n) is 4.33. The lowest BCUT2D eigenvalue weighted by Gasteiger charge is -2.05. The van der Waals surface area contributed by atoms with Gasteiger partial charge in [0.1, 0.15) is 0 Å². The summed E-state index contributed by atoms with van der Waals surface area (Å²) in [4.78, 5) is 0.238. The van der Waals surface area contributed by atoms with Crippen LogP contribution in [0.3, 0.4) is 0 Å². The zero-order valence-corrected chi connectivity index (χ0v) is 19.5. The highest BCUT2D eigenvalue weighted by molar-refractivity contribution is 7.86. The number of hydrogen-bond acceptors (Lipinski definition) is 3. The number of unbranched alkanes of at least 4 members (excludes halogenated alkanes) is 10. The van der Waals surface area contributed by atoms with E-state index in [1.807, 2.05) is 0 Å². The van der Waals surface area contributed by atoms with Crippen LogP contribution in [-0.4, -0.2) is 21.2 Å². The van der Waals surface area contributed by atoms with E-state index < -0.39 is 10.1 Å². The lowest BCUT2D eigenvalue weighted by atomic mass is 10.1. The quantitative estimate of drug-likeness (QED) is 0.176. The first-order chi connectivity index (χ1) is 13.1. The molecule has 0 heterocycles. The second-order valence-corrected chi connectivity index (χ2v) is 9.11. The molecule has 1 aromatic rings. The minimum absolute atomic E-state index is 0.238. The smallest absolute Gasteiger partial charge is 0.266 e. The minimum Gasteiger partial charge on any atom is -0.266 e. The first-order valence-corrected chi connectivity index (χ1v) is 13.0. The molecule has 1 aromatic carbocycles. The monoisotopic (exact) mass is 416 g/mol. The second kappa shape index (κ2) is 18.9. The number of hydrogen-bond donors (Lipinski definition) is 0. The third kappa shape index (κ3) is 16.2. The third-order valence-corrected chi connectivity index (χ3v) is 6.06. The van der Waals surface area contributed by atoms with Gasteiger partial charge in [0, 0.05) is 0 Å². The molecule has 0 radical (unpaired) electrons. The van der Waals surface area contributed by atoms with E-state index in [2.05, 4.69) is 23.1 Å². The van der Waals surface area contributed by atoms with Crippen LogP contribution in [0.1, 0.15) is 90.9 Å². The summed E-state index contributed by atoms with van der Waals surface area (Å²) >= 11 is 0. The first-order valence-electron chi connectivity index (χ1n) is 10.7. The molecular formula is C22H41O3PS. The average Bonchev–Trinajstić information content (AvgIpc) is 2.68. The highest BCUT2D eigenvalue weighted by Crippen LogP contribution is 2.13. The van der Waals surface area contributed by atoms with E-state index in [-0.39, 0.29) is 11.5 Å². The molecule has 5 heteroatoms. The van der Waals surface area contributed by atoms with Gasteiger partial charge in [-0.05, 0) is 24.7 Å².